The van der Waals surface area contributed by atoms with Gasteiger partial charge in [-0.05, 0) is 55.3 Å². The molecule has 3 aromatic carbocycles. The van der Waals surface area contributed by atoms with Crippen molar-refractivity contribution in [3.8, 4) is 28.4 Å². The Balaban J connectivity index is 1.80. The maximum Gasteiger partial charge on any atom is 0.346 e. The molecule has 0 amide bonds. The van der Waals surface area contributed by atoms with Gasteiger partial charge in [-0.1, -0.05) is 6.07 Å². The average Bonchev–Trinajstić information content (AvgIpc) is 2.80. The van der Waals surface area contributed by atoms with Gasteiger partial charge in [0.1, 0.15) is 11.6 Å². The molecule has 0 saturated carbocycles. The van der Waals surface area contributed by atoms with Crippen LogP contribution >= 0.6 is 0 Å². The third kappa shape index (κ3) is 3.82. The third-order valence-electron chi connectivity index (χ3n) is 5.49. The summed E-state index contributed by atoms with van der Waals surface area (Å²) in [5.74, 6) is -17.8. The number of hydrogen-bond acceptors (Lipinski definition) is 4. The van der Waals surface area contributed by atoms with Crippen LogP contribution in [0.15, 0.2) is 42.5 Å². The Hall–Kier alpha value is -3.76. The maximum atomic E-state index is 15.3. The zero-order valence-electron chi connectivity index (χ0n) is 18.7. The highest BCUT2D eigenvalue weighted by Crippen LogP contribution is 2.60. The normalized spacial score (nSPS) is 15.0. The second-order valence-corrected chi connectivity index (χ2v) is 7.65. The van der Waals surface area contributed by atoms with Gasteiger partial charge in [-0.15, -0.1) is 0 Å². The van der Waals surface area contributed by atoms with Crippen molar-refractivity contribution in [2.75, 3.05) is 13.2 Å². The highest BCUT2D eigenvalue weighted by atomic mass is 19.3. The van der Waals surface area contributed by atoms with Crippen LogP contribution in [-0.4, -0.2) is 19.2 Å². The average molecular weight is 514 g/mol. The summed E-state index contributed by atoms with van der Waals surface area (Å²) in [4.78, 5) is 12.5. The molecule has 0 heterocycles. The van der Waals surface area contributed by atoms with Gasteiger partial charge in [0.15, 0.2) is 23.1 Å². The summed E-state index contributed by atoms with van der Waals surface area (Å²) >= 11 is 0. The van der Waals surface area contributed by atoms with Crippen LogP contribution < -0.4 is 14.2 Å². The van der Waals surface area contributed by atoms with E-state index in [-0.39, 0.29) is 19.0 Å². The first-order chi connectivity index (χ1) is 16.9. The van der Waals surface area contributed by atoms with E-state index in [1.54, 1.807) is 6.92 Å². The van der Waals surface area contributed by atoms with E-state index in [1.165, 1.54) is 6.92 Å². The van der Waals surface area contributed by atoms with E-state index in [1.807, 2.05) is 0 Å². The van der Waals surface area contributed by atoms with Gasteiger partial charge >= 0.3 is 17.8 Å². The molecule has 11 heteroatoms. The van der Waals surface area contributed by atoms with Crippen molar-refractivity contribution in [2.24, 2.45) is 0 Å². The van der Waals surface area contributed by atoms with E-state index in [2.05, 4.69) is 0 Å². The molecule has 0 aliphatic heterocycles. The topological polar surface area (TPSA) is 44.8 Å². The number of halogens is 7. The number of hydrogen-bond donors (Lipinski definition) is 0. The van der Waals surface area contributed by atoms with Crippen LogP contribution in [-0.2, 0) is 11.8 Å². The number of fused-ring (bicyclic) bond motifs is 3. The molecule has 0 saturated heterocycles. The first-order valence-corrected chi connectivity index (χ1v) is 10.6. The monoisotopic (exact) mass is 514 g/mol. The molecular formula is C25H17F7O4. The second kappa shape index (κ2) is 9.03. The van der Waals surface area contributed by atoms with E-state index in [4.69, 9.17) is 14.2 Å². The number of ether oxygens (including phenoxy) is 3. The van der Waals surface area contributed by atoms with Gasteiger partial charge in [0.25, 0.3) is 0 Å². The van der Waals surface area contributed by atoms with Crippen LogP contribution in [0.3, 0.4) is 0 Å². The van der Waals surface area contributed by atoms with Crippen LogP contribution in [0.5, 0.6) is 17.2 Å². The first kappa shape index (κ1) is 25.3. The fourth-order valence-electron chi connectivity index (χ4n) is 3.91. The molecule has 36 heavy (non-hydrogen) atoms. The van der Waals surface area contributed by atoms with Crippen molar-refractivity contribution in [1.29, 1.82) is 0 Å². The lowest BCUT2D eigenvalue weighted by atomic mass is 9.79. The number of carbonyl (C=O) groups excluding carboxylic acids is 1. The summed E-state index contributed by atoms with van der Waals surface area (Å²) in [6.45, 7) is 3.08. The molecule has 0 fully saturated rings. The summed E-state index contributed by atoms with van der Waals surface area (Å²) in [5, 5.41) is 0. The molecule has 0 aromatic heterocycles. The van der Waals surface area contributed by atoms with Gasteiger partial charge in [0.2, 0.25) is 0 Å². The summed E-state index contributed by atoms with van der Waals surface area (Å²) in [7, 11) is 0. The maximum absolute atomic E-state index is 15.3. The van der Waals surface area contributed by atoms with Crippen molar-refractivity contribution in [1.82, 2.24) is 0 Å². The van der Waals surface area contributed by atoms with Crippen molar-refractivity contribution in [3.63, 3.8) is 0 Å². The molecule has 0 unspecified atom stereocenters. The minimum atomic E-state index is -5.24. The lowest BCUT2D eigenvalue weighted by Gasteiger charge is -2.35. The van der Waals surface area contributed by atoms with Crippen LogP contribution in [0.25, 0.3) is 11.1 Å². The second-order valence-electron chi connectivity index (χ2n) is 7.65. The number of carbonyl (C=O) groups is 1. The van der Waals surface area contributed by atoms with Crippen molar-refractivity contribution in [2.45, 2.75) is 25.7 Å². The molecule has 4 nitrogen and oxygen atoms in total. The summed E-state index contributed by atoms with van der Waals surface area (Å²) < 4.78 is 119. The summed E-state index contributed by atoms with van der Waals surface area (Å²) in [5.41, 5.74) is -5.96. The Labute approximate surface area is 200 Å². The van der Waals surface area contributed by atoms with Gasteiger partial charge in [-0.3, -0.25) is 0 Å². The van der Waals surface area contributed by atoms with Crippen molar-refractivity contribution in [3.05, 3.63) is 76.6 Å². The smallest absolute Gasteiger partial charge is 0.346 e. The van der Waals surface area contributed by atoms with Crippen molar-refractivity contribution >= 4 is 5.97 Å². The molecule has 0 bridgehead atoms. The lowest BCUT2D eigenvalue weighted by molar-refractivity contribution is -0.227. The lowest BCUT2D eigenvalue weighted by Crippen LogP contribution is -2.41. The third-order valence-corrected chi connectivity index (χ3v) is 5.49. The predicted octanol–water partition coefficient (Wildman–Crippen LogP) is 6.98. The quantitative estimate of drug-likeness (QED) is 0.202. The van der Waals surface area contributed by atoms with Gasteiger partial charge in [0.05, 0.1) is 29.9 Å². The molecule has 0 N–H and O–H groups in total. The number of esters is 1. The Bertz CT molecular complexity index is 1350. The molecule has 1 aliphatic carbocycles. The molecule has 3 aromatic rings. The van der Waals surface area contributed by atoms with Crippen LogP contribution in [0.4, 0.5) is 30.7 Å². The van der Waals surface area contributed by atoms with Gasteiger partial charge < -0.3 is 14.2 Å². The number of benzene rings is 3. The number of rotatable bonds is 6. The van der Waals surface area contributed by atoms with Gasteiger partial charge in [-0.25, -0.2) is 18.0 Å². The fourth-order valence-corrected chi connectivity index (χ4v) is 3.91. The van der Waals surface area contributed by atoms with Crippen LogP contribution in [0, 0.1) is 17.5 Å². The molecule has 4 rings (SSSR count). The summed E-state index contributed by atoms with van der Waals surface area (Å²) in [6, 6.07) is 6.38. The predicted molar refractivity (Wildman–Crippen MR) is 113 cm³/mol. The van der Waals surface area contributed by atoms with E-state index < -0.39 is 74.6 Å². The Morgan fingerprint density at radius 3 is 1.86 bits per heavy atom. The zero-order chi connectivity index (χ0) is 26.4. The molecule has 0 atom stereocenters. The van der Waals surface area contributed by atoms with E-state index >= 15 is 13.2 Å². The van der Waals surface area contributed by atoms with E-state index in [0.717, 1.165) is 42.5 Å². The first-order valence-electron chi connectivity index (χ1n) is 10.6. The van der Waals surface area contributed by atoms with E-state index in [9.17, 15) is 22.4 Å². The highest BCUT2D eigenvalue weighted by molar-refractivity contribution is 5.93. The largest absolute Gasteiger partial charge is 0.491 e. The Kier molecular flexibility index (Phi) is 6.36. The minimum Gasteiger partial charge on any atom is -0.491 e. The molecule has 190 valence electrons. The SMILES string of the molecule is CCOc1ccc(OC(=O)c2ccc3c(c2F)C(F)(F)C(F)(F)c2c-3ccc(OCC)c2F)cc1F. The van der Waals surface area contributed by atoms with Gasteiger partial charge in [0, 0.05) is 6.07 Å². The number of alkyl halides is 4. The molecule has 0 radical (unpaired) electrons. The Morgan fingerprint density at radius 1 is 0.750 bits per heavy atom. The summed E-state index contributed by atoms with van der Waals surface area (Å²) in [6.07, 6.45) is 0. The fraction of sp³-hybridized carbons (Fsp3) is 0.240. The highest BCUT2D eigenvalue weighted by Gasteiger charge is 2.65. The van der Waals surface area contributed by atoms with Crippen LogP contribution in [0.2, 0.25) is 0 Å². The Morgan fingerprint density at radius 2 is 1.28 bits per heavy atom. The standard InChI is InChI=1S/C25H17F7O4/c1-3-34-17-9-5-12(11-16(17)26)36-23(33)15-7-6-13-14-8-10-18(35-4-2)22(28)20(14)25(31,32)24(29,30)19(13)21(15)27/h5-11H,3-4H2,1-2H3. The van der Waals surface area contributed by atoms with Crippen molar-refractivity contribution < 1.29 is 49.7 Å². The molecule has 1 aliphatic rings. The van der Waals surface area contributed by atoms with Crippen LogP contribution in [0.1, 0.15) is 35.3 Å². The minimum absolute atomic E-state index is 0.118. The molecular weight excluding hydrogens is 497 g/mol. The zero-order valence-corrected chi connectivity index (χ0v) is 18.7. The van der Waals surface area contributed by atoms with Gasteiger partial charge in [-0.2, -0.15) is 17.6 Å². The van der Waals surface area contributed by atoms with E-state index in [0.29, 0.717) is 0 Å². The molecule has 0 spiro atoms.